The van der Waals surface area contributed by atoms with Crippen molar-refractivity contribution >= 4 is 22.9 Å². The molecule has 4 nitrogen and oxygen atoms in total. The van der Waals surface area contributed by atoms with Gasteiger partial charge in [0, 0.05) is 37.2 Å². The number of nitrogens with zero attached hydrogens (tertiary/aromatic N) is 2. The molecular formula is C13H16ClN3OS. The van der Waals surface area contributed by atoms with Crippen molar-refractivity contribution < 1.29 is 4.74 Å². The maximum absolute atomic E-state index is 5.86. The number of nitrogens with one attached hydrogen (secondary N) is 1. The first-order valence-corrected chi connectivity index (χ1v) is 7.27. The number of aromatic nitrogens is 2. The molecule has 0 aliphatic heterocycles. The Bertz CT molecular complexity index is 501. The predicted octanol–water partition coefficient (Wildman–Crippen LogP) is 2.64. The highest BCUT2D eigenvalue weighted by Crippen LogP contribution is 2.24. The SMILES string of the molecule is COCCNCCc1nnc(-c2ccc(Cl)cc2)s1. The van der Waals surface area contributed by atoms with E-state index in [4.69, 9.17) is 16.3 Å². The van der Waals surface area contributed by atoms with E-state index in [2.05, 4.69) is 15.5 Å². The van der Waals surface area contributed by atoms with Gasteiger partial charge in [0.1, 0.15) is 10.0 Å². The number of rotatable bonds is 7. The minimum atomic E-state index is 0.728. The second kappa shape index (κ2) is 7.55. The van der Waals surface area contributed by atoms with Crippen molar-refractivity contribution in [1.82, 2.24) is 15.5 Å². The second-order valence-electron chi connectivity index (χ2n) is 4.00. The molecule has 102 valence electrons. The van der Waals surface area contributed by atoms with Crippen LogP contribution in [0.4, 0.5) is 0 Å². The Morgan fingerprint density at radius 2 is 2.00 bits per heavy atom. The molecule has 19 heavy (non-hydrogen) atoms. The van der Waals surface area contributed by atoms with Crippen molar-refractivity contribution in [3.63, 3.8) is 0 Å². The van der Waals surface area contributed by atoms with E-state index in [-0.39, 0.29) is 0 Å². The molecule has 0 radical (unpaired) electrons. The molecular weight excluding hydrogens is 282 g/mol. The third-order valence-corrected chi connectivity index (χ3v) is 3.84. The van der Waals surface area contributed by atoms with Crippen molar-refractivity contribution in [3.8, 4) is 10.6 Å². The van der Waals surface area contributed by atoms with Crippen molar-refractivity contribution in [3.05, 3.63) is 34.3 Å². The topological polar surface area (TPSA) is 47.0 Å². The number of hydrogen-bond donors (Lipinski definition) is 1. The van der Waals surface area contributed by atoms with Crippen molar-refractivity contribution in [1.29, 1.82) is 0 Å². The number of hydrogen-bond acceptors (Lipinski definition) is 5. The maximum Gasteiger partial charge on any atom is 0.147 e. The third kappa shape index (κ3) is 4.54. The number of ether oxygens (including phenoxy) is 1. The van der Waals surface area contributed by atoms with Crippen LogP contribution >= 0.6 is 22.9 Å². The average molecular weight is 298 g/mol. The van der Waals surface area contributed by atoms with Crippen molar-refractivity contribution in [2.24, 2.45) is 0 Å². The Hall–Kier alpha value is -1.01. The lowest BCUT2D eigenvalue weighted by Crippen LogP contribution is -2.21. The fraction of sp³-hybridized carbons (Fsp3) is 0.385. The van der Waals surface area contributed by atoms with E-state index >= 15 is 0 Å². The summed E-state index contributed by atoms with van der Waals surface area (Å²) in [5.41, 5.74) is 1.06. The molecule has 1 heterocycles. The fourth-order valence-corrected chi connectivity index (χ4v) is 2.53. The number of halogens is 1. The first kappa shape index (κ1) is 14.4. The van der Waals surface area contributed by atoms with Gasteiger partial charge in [-0.15, -0.1) is 10.2 Å². The summed E-state index contributed by atoms with van der Waals surface area (Å²) in [4.78, 5) is 0. The van der Waals surface area contributed by atoms with Crippen LogP contribution in [0, 0.1) is 0 Å². The molecule has 0 saturated carbocycles. The monoisotopic (exact) mass is 297 g/mol. The van der Waals surface area contributed by atoms with Crippen LogP contribution in [0.5, 0.6) is 0 Å². The van der Waals surface area contributed by atoms with E-state index in [1.54, 1.807) is 18.4 Å². The Morgan fingerprint density at radius 3 is 2.74 bits per heavy atom. The summed E-state index contributed by atoms with van der Waals surface area (Å²) in [6.45, 7) is 2.48. The summed E-state index contributed by atoms with van der Waals surface area (Å²) < 4.78 is 4.97. The molecule has 0 atom stereocenters. The van der Waals surface area contributed by atoms with Gasteiger partial charge in [0.25, 0.3) is 0 Å². The lowest BCUT2D eigenvalue weighted by atomic mass is 10.2. The molecule has 0 bridgehead atoms. The van der Waals surface area contributed by atoms with E-state index in [0.29, 0.717) is 0 Å². The molecule has 0 aliphatic carbocycles. The summed E-state index contributed by atoms with van der Waals surface area (Å²) in [6, 6.07) is 7.65. The summed E-state index contributed by atoms with van der Waals surface area (Å²) in [5, 5.41) is 14.4. The fourth-order valence-electron chi connectivity index (χ4n) is 1.56. The van der Waals surface area contributed by atoms with E-state index < -0.39 is 0 Å². The van der Waals surface area contributed by atoms with Crippen LogP contribution in [-0.4, -0.2) is 37.0 Å². The van der Waals surface area contributed by atoms with Crippen molar-refractivity contribution in [2.45, 2.75) is 6.42 Å². The van der Waals surface area contributed by atoms with Gasteiger partial charge >= 0.3 is 0 Å². The molecule has 1 N–H and O–H groups in total. The molecule has 0 saturated heterocycles. The summed E-state index contributed by atoms with van der Waals surface area (Å²) in [7, 11) is 1.70. The molecule has 0 fully saturated rings. The highest BCUT2D eigenvalue weighted by atomic mass is 35.5. The Labute approximate surface area is 121 Å². The lowest BCUT2D eigenvalue weighted by Gasteiger charge is -2.00. The minimum Gasteiger partial charge on any atom is -0.383 e. The molecule has 2 aromatic rings. The summed E-state index contributed by atoms with van der Waals surface area (Å²) >= 11 is 7.48. The normalized spacial score (nSPS) is 10.8. The first-order chi connectivity index (χ1) is 9.29. The van der Waals surface area contributed by atoms with Gasteiger partial charge in [-0.25, -0.2) is 0 Å². The molecule has 0 amide bonds. The summed E-state index contributed by atoms with van der Waals surface area (Å²) in [6.07, 6.45) is 0.884. The first-order valence-electron chi connectivity index (χ1n) is 6.07. The molecule has 1 aromatic heterocycles. The van der Waals surface area contributed by atoms with Crippen LogP contribution in [-0.2, 0) is 11.2 Å². The molecule has 0 spiro atoms. The molecule has 6 heteroatoms. The predicted molar refractivity (Wildman–Crippen MR) is 78.8 cm³/mol. The Morgan fingerprint density at radius 1 is 1.21 bits per heavy atom. The van der Waals surface area contributed by atoms with E-state index in [0.717, 1.165) is 46.7 Å². The Kier molecular flexibility index (Phi) is 5.72. The van der Waals surface area contributed by atoms with Crippen LogP contribution < -0.4 is 5.32 Å². The third-order valence-electron chi connectivity index (χ3n) is 2.56. The highest BCUT2D eigenvalue weighted by Gasteiger charge is 2.06. The quantitative estimate of drug-likeness (QED) is 0.798. The number of benzene rings is 1. The van der Waals surface area contributed by atoms with Gasteiger partial charge in [0.15, 0.2) is 0 Å². The van der Waals surface area contributed by atoms with E-state index in [1.165, 1.54) is 0 Å². The largest absolute Gasteiger partial charge is 0.383 e. The smallest absolute Gasteiger partial charge is 0.147 e. The number of methoxy groups -OCH3 is 1. The summed E-state index contributed by atoms with van der Waals surface area (Å²) in [5.74, 6) is 0. The zero-order chi connectivity index (χ0) is 13.5. The van der Waals surface area contributed by atoms with Crippen LogP contribution in [0.25, 0.3) is 10.6 Å². The van der Waals surface area contributed by atoms with Crippen LogP contribution in [0.1, 0.15) is 5.01 Å². The standard InChI is InChI=1S/C13H16ClN3OS/c1-18-9-8-15-7-6-12-16-17-13(19-12)10-2-4-11(14)5-3-10/h2-5,15H,6-9H2,1H3. The highest BCUT2D eigenvalue weighted by molar-refractivity contribution is 7.14. The van der Waals surface area contributed by atoms with Gasteiger partial charge in [-0.1, -0.05) is 35.1 Å². The molecule has 0 aliphatic rings. The minimum absolute atomic E-state index is 0.728. The molecule has 1 aromatic carbocycles. The van der Waals surface area contributed by atoms with Crippen molar-refractivity contribution in [2.75, 3.05) is 26.8 Å². The zero-order valence-corrected chi connectivity index (χ0v) is 12.3. The maximum atomic E-state index is 5.86. The Balaban J connectivity index is 1.86. The van der Waals surface area contributed by atoms with Crippen LogP contribution in [0.3, 0.4) is 0 Å². The van der Waals surface area contributed by atoms with Gasteiger partial charge < -0.3 is 10.1 Å². The van der Waals surface area contributed by atoms with Gasteiger partial charge in [-0.05, 0) is 12.1 Å². The van der Waals surface area contributed by atoms with Gasteiger partial charge in [0.2, 0.25) is 0 Å². The van der Waals surface area contributed by atoms with Gasteiger partial charge in [-0.2, -0.15) is 0 Å². The van der Waals surface area contributed by atoms with Crippen LogP contribution in [0.15, 0.2) is 24.3 Å². The second-order valence-corrected chi connectivity index (χ2v) is 5.50. The van der Waals surface area contributed by atoms with Gasteiger partial charge in [0.05, 0.1) is 6.61 Å². The lowest BCUT2D eigenvalue weighted by molar-refractivity contribution is 0.199. The van der Waals surface area contributed by atoms with E-state index in [9.17, 15) is 0 Å². The average Bonchev–Trinajstić information content (AvgIpc) is 2.88. The van der Waals surface area contributed by atoms with Gasteiger partial charge in [-0.3, -0.25) is 0 Å². The molecule has 0 unspecified atom stereocenters. The van der Waals surface area contributed by atoms with Crippen LogP contribution in [0.2, 0.25) is 5.02 Å². The van der Waals surface area contributed by atoms with E-state index in [1.807, 2.05) is 24.3 Å². The molecule has 2 rings (SSSR count). The zero-order valence-electron chi connectivity index (χ0n) is 10.7.